The lowest BCUT2D eigenvalue weighted by Crippen LogP contribution is -2.53. The molecular weight excluding hydrogens is 348 g/mol. The predicted molar refractivity (Wildman–Crippen MR) is 103 cm³/mol. The van der Waals surface area contributed by atoms with Crippen molar-refractivity contribution in [2.45, 2.75) is 31.7 Å². The van der Waals surface area contributed by atoms with Gasteiger partial charge in [-0.25, -0.2) is 0 Å². The van der Waals surface area contributed by atoms with Crippen molar-refractivity contribution in [3.05, 3.63) is 52.0 Å². The molecule has 26 heavy (non-hydrogen) atoms. The quantitative estimate of drug-likeness (QED) is 0.803. The Bertz CT molecular complexity index is 719. The molecule has 1 fully saturated rings. The van der Waals surface area contributed by atoms with Crippen LogP contribution >= 0.6 is 11.3 Å². The fourth-order valence-electron chi connectivity index (χ4n) is 3.23. The molecule has 140 valence electrons. The number of amides is 1. The van der Waals surface area contributed by atoms with Gasteiger partial charge in [0.15, 0.2) is 0 Å². The number of thiophene rings is 1. The van der Waals surface area contributed by atoms with E-state index in [1.807, 2.05) is 0 Å². The second-order valence-corrected chi connectivity index (χ2v) is 8.04. The second-order valence-electron chi connectivity index (χ2n) is 7.05. The number of rotatable bonds is 6. The lowest BCUT2D eigenvalue weighted by atomic mass is 10.0. The summed E-state index contributed by atoms with van der Waals surface area (Å²) >= 11 is 1.77. The summed E-state index contributed by atoms with van der Waals surface area (Å²) in [6.45, 7) is 3.20. The summed E-state index contributed by atoms with van der Waals surface area (Å²) in [6.07, 6.45) is 1.76. The topological polar surface area (TPSA) is 68.7 Å². The summed E-state index contributed by atoms with van der Waals surface area (Å²) in [7, 11) is 4.13. The van der Waals surface area contributed by atoms with Gasteiger partial charge in [-0.1, -0.05) is 6.07 Å². The van der Waals surface area contributed by atoms with Crippen molar-refractivity contribution < 1.29 is 9.90 Å². The number of aliphatic hydroxyl groups is 1. The molecule has 3 rings (SSSR count). The van der Waals surface area contributed by atoms with E-state index >= 15 is 0 Å². The van der Waals surface area contributed by atoms with Gasteiger partial charge in [0.25, 0.3) is 5.91 Å². The van der Waals surface area contributed by atoms with Crippen LogP contribution < -0.4 is 5.32 Å². The minimum Gasteiger partial charge on any atom is -0.390 e. The molecule has 0 saturated carbocycles. The standard InChI is InChI=1S/C19H26N4O2S/c1-22(2)10-14-9-15(26-13-14)11-23-8-6-16(18(24)12-23)21-19(25)17-5-3-4-7-20-17/h3-5,7,9,13,16,18,24H,6,8,10-12H2,1-2H3,(H,21,25)/t16-,18-/m1/s1. The fraction of sp³-hybridized carbons (Fsp3) is 0.474. The summed E-state index contributed by atoms with van der Waals surface area (Å²) in [4.78, 5) is 22.0. The number of hydrogen-bond acceptors (Lipinski definition) is 6. The van der Waals surface area contributed by atoms with E-state index in [-0.39, 0.29) is 11.9 Å². The zero-order valence-corrected chi connectivity index (χ0v) is 16.1. The zero-order valence-electron chi connectivity index (χ0n) is 15.3. The molecule has 2 atom stereocenters. The van der Waals surface area contributed by atoms with Gasteiger partial charge in [0.1, 0.15) is 5.69 Å². The number of likely N-dealkylation sites (tertiary alicyclic amines) is 1. The Morgan fingerprint density at radius 3 is 3.00 bits per heavy atom. The van der Waals surface area contributed by atoms with Gasteiger partial charge in [-0.2, -0.15) is 0 Å². The molecule has 0 spiro atoms. The Morgan fingerprint density at radius 2 is 2.31 bits per heavy atom. The average Bonchev–Trinajstić information content (AvgIpc) is 3.04. The SMILES string of the molecule is CN(C)Cc1csc(CN2CC[C@@H](NC(=O)c3ccccn3)[C@H](O)C2)c1. The third kappa shape index (κ3) is 5.11. The maximum absolute atomic E-state index is 12.2. The molecule has 1 saturated heterocycles. The summed E-state index contributed by atoms with van der Waals surface area (Å²) in [5.41, 5.74) is 1.71. The van der Waals surface area contributed by atoms with Crippen LogP contribution in [0.25, 0.3) is 0 Å². The van der Waals surface area contributed by atoms with Gasteiger partial charge in [0.05, 0.1) is 12.1 Å². The first kappa shape index (κ1) is 19.0. The van der Waals surface area contributed by atoms with Gasteiger partial charge in [-0.05, 0) is 49.7 Å². The first-order chi connectivity index (χ1) is 12.5. The largest absolute Gasteiger partial charge is 0.390 e. The predicted octanol–water partition coefficient (Wildman–Crippen LogP) is 1.57. The molecule has 3 heterocycles. The number of aliphatic hydroxyl groups excluding tert-OH is 1. The number of nitrogens with one attached hydrogen (secondary N) is 1. The van der Waals surface area contributed by atoms with Crippen LogP contribution in [-0.4, -0.2) is 65.1 Å². The Hall–Kier alpha value is -1.80. The van der Waals surface area contributed by atoms with Crippen LogP contribution in [0.2, 0.25) is 0 Å². The first-order valence-corrected chi connectivity index (χ1v) is 9.72. The number of nitrogens with zero attached hydrogens (tertiary/aromatic N) is 3. The second kappa shape index (κ2) is 8.73. The van der Waals surface area contributed by atoms with E-state index in [1.54, 1.807) is 35.7 Å². The molecule has 2 N–H and O–H groups in total. The Kier molecular flexibility index (Phi) is 6.37. The minimum absolute atomic E-state index is 0.227. The molecule has 0 radical (unpaired) electrons. The molecule has 0 bridgehead atoms. The number of hydrogen-bond donors (Lipinski definition) is 2. The van der Waals surface area contributed by atoms with Crippen molar-refractivity contribution in [2.24, 2.45) is 0 Å². The van der Waals surface area contributed by atoms with Gasteiger partial charge in [-0.3, -0.25) is 14.7 Å². The van der Waals surface area contributed by atoms with Crippen molar-refractivity contribution in [3.63, 3.8) is 0 Å². The van der Waals surface area contributed by atoms with Crippen LogP contribution in [0.15, 0.2) is 35.8 Å². The van der Waals surface area contributed by atoms with E-state index < -0.39 is 6.10 Å². The van der Waals surface area contributed by atoms with Gasteiger partial charge in [-0.15, -0.1) is 11.3 Å². The lowest BCUT2D eigenvalue weighted by Gasteiger charge is -2.36. The Morgan fingerprint density at radius 1 is 1.46 bits per heavy atom. The van der Waals surface area contributed by atoms with Crippen LogP contribution in [0.4, 0.5) is 0 Å². The smallest absolute Gasteiger partial charge is 0.270 e. The van der Waals surface area contributed by atoms with Crippen LogP contribution in [0.5, 0.6) is 0 Å². The Labute approximate surface area is 158 Å². The zero-order chi connectivity index (χ0) is 18.5. The summed E-state index contributed by atoms with van der Waals surface area (Å²) in [5, 5.41) is 15.6. The third-order valence-electron chi connectivity index (χ3n) is 4.47. The molecule has 2 aromatic heterocycles. The molecule has 1 amide bonds. The molecule has 6 nitrogen and oxygen atoms in total. The third-order valence-corrected chi connectivity index (χ3v) is 5.44. The molecule has 2 aromatic rings. The fourth-order valence-corrected chi connectivity index (χ4v) is 4.15. The molecule has 1 aliphatic rings. The number of pyridine rings is 1. The van der Waals surface area contributed by atoms with Crippen molar-refractivity contribution in [1.29, 1.82) is 0 Å². The number of piperidine rings is 1. The number of aromatic nitrogens is 1. The van der Waals surface area contributed by atoms with Crippen molar-refractivity contribution in [1.82, 2.24) is 20.1 Å². The van der Waals surface area contributed by atoms with E-state index in [1.165, 1.54) is 10.4 Å². The van der Waals surface area contributed by atoms with Gasteiger partial charge in [0.2, 0.25) is 0 Å². The van der Waals surface area contributed by atoms with E-state index in [0.717, 1.165) is 26.1 Å². The van der Waals surface area contributed by atoms with Gasteiger partial charge < -0.3 is 15.3 Å². The van der Waals surface area contributed by atoms with Crippen molar-refractivity contribution in [3.8, 4) is 0 Å². The molecule has 0 aliphatic carbocycles. The van der Waals surface area contributed by atoms with E-state index in [0.29, 0.717) is 12.2 Å². The maximum atomic E-state index is 12.2. The van der Waals surface area contributed by atoms with Gasteiger partial charge in [0, 0.05) is 37.3 Å². The van der Waals surface area contributed by atoms with Gasteiger partial charge >= 0.3 is 0 Å². The van der Waals surface area contributed by atoms with Crippen molar-refractivity contribution in [2.75, 3.05) is 27.2 Å². The molecular formula is C19H26N4O2S. The number of β-amino-alcohol motifs (C(OH)–C–C–N with tert-alkyl or cyclic N) is 1. The Balaban J connectivity index is 1.50. The first-order valence-electron chi connectivity index (χ1n) is 8.84. The maximum Gasteiger partial charge on any atom is 0.270 e. The molecule has 7 heteroatoms. The summed E-state index contributed by atoms with van der Waals surface area (Å²) in [5.74, 6) is -0.227. The average molecular weight is 375 g/mol. The van der Waals surface area contributed by atoms with E-state index in [9.17, 15) is 9.90 Å². The minimum atomic E-state index is -0.572. The number of carbonyl (C=O) groups excluding carboxylic acids is 1. The normalized spacial score (nSPS) is 21.1. The lowest BCUT2D eigenvalue weighted by molar-refractivity contribution is 0.0352. The molecule has 1 aliphatic heterocycles. The highest BCUT2D eigenvalue weighted by Crippen LogP contribution is 2.20. The van der Waals surface area contributed by atoms with Crippen LogP contribution in [0.1, 0.15) is 27.3 Å². The highest BCUT2D eigenvalue weighted by molar-refractivity contribution is 7.10. The summed E-state index contributed by atoms with van der Waals surface area (Å²) < 4.78 is 0. The van der Waals surface area contributed by atoms with Crippen molar-refractivity contribution >= 4 is 17.2 Å². The highest BCUT2D eigenvalue weighted by atomic mass is 32.1. The number of carbonyl (C=O) groups is 1. The van der Waals surface area contributed by atoms with Crippen LogP contribution in [0.3, 0.4) is 0 Å². The van der Waals surface area contributed by atoms with Crippen LogP contribution in [0, 0.1) is 0 Å². The highest BCUT2D eigenvalue weighted by Gasteiger charge is 2.29. The summed E-state index contributed by atoms with van der Waals surface area (Å²) in [6, 6.07) is 7.25. The molecule has 0 aromatic carbocycles. The van der Waals surface area contributed by atoms with E-state index in [4.69, 9.17) is 0 Å². The molecule has 0 unspecified atom stereocenters. The van der Waals surface area contributed by atoms with Crippen LogP contribution in [-0.2, 0) is 13.1 Å². The van der Waals surface area contributed by atoms with E-state index in [2.05, 4.69) is 45.6 Å². The monoisotopic (exact) mass is 374 g/mol.